The lowest BCUT2D eigenvalue weighted by Gasteiger charge is -2.01. The van der Waals surface area contributed by atoms with E-state index in [4.69, 9.17) is 23.2 Å². The molecular formula is C12H7BrCl2N2O. The average Bonchev–Trinajstić information content (AvgIpc) is 2.34. The molecule has 2 aromatic rings. The van der Waals surface area contributed by atoms with Crippen molar-refractivity contribution in [2.45, 2.75) is 0 Å². The highest BCUT2D eigenvalue weighted by molar-refractivity contribution is 9.10. The van der Waals surface area contributed by atoms with E-state index in [1.54, 1.807) is 12.1 Å². The maximum Gasteiger partial charge on any atom is 0.161 e. The first kappa shape index (κ1) is 13.3. The number of halogens is 3. The highest BCUT2D eigenvalue weighted by Gasteiger charge is 2.07. The minimum Gasteiger partial charge on any atom is -0.504 e. The van der Waals surface area contributed by atoms with E-state index in [2.05, 4.69) is 26.2 Å². The fourth-order valence-corrected chi connectivity index (χ4v) is 1.99. The molecule has 0 radical (unpaired) electrons. The fraction of sp³-hybridized carbons (Fsp3) is 0. The van der Waals surface area contributed by atoms with E-state index in [1.165, 1.54) is 12.1 Å². The van der Waals surface area contributed by atoms with Crippen molar-refractivity contribution in [3.63, 3.8) is 0 Å². The van der Waals surface area contributed by atoms with Crippen molar-refractivity contribution in [3.8, 4) is 5.75 Å². The van der Waals surface area contributed by atoms with Gasteiger partial charge in [-0.1, -0.05) is 39.1 Å². The van der Waals surface area contributed by atoms with Gasteiger partial charge in [-0.05, 0) is 36.4 Å². The molecule has 0 aromatic heterocycles. The standard InChI is InChI=1S/C12H7BrCl2N2O/c13-7-1-3-9(4-2-7)16-17-11-6-8(14)5-10(15)12(11)18/h1-6,18H. The van der Waals surface area contributed by atoms with Gasteiger partial charge in [0.1, 0.15) is 5.69 Å². The third-order valence-electron chi connectivity index (χ3n) is 2.11. The van der Waals surface area contributed by atoms with Crippen molar-refractivity contribution in [1.82, 2.24) is 0 Å². The van der Waals surface area contributed by atoms with Crippen molar-refractivity contribution in [3.05, 3.63) is 50.9 Å². The number of phenolic OH excluding ortho intramolecular Hbond substituents is 1. The van der Waals surface area contributed by atoms with Crippen LogP contribution in [-0.2, 0) is 0 Å². The van der Waals surface area contributed by atoms with Crippen LogP contribution in [0.15, 0.2) is 51.1 Å². The van der Waals surface area contributed by atoms with E-state index in [1.807, 2.05) is 12.1 Å². The van der Waals surface area contributed by atoms with Gasteiger partial charge >= 0.3 is 0 Å². The first-order chi connectivity index (χ1) is 8.56. The first-order valence-electron chi connectivity index (χ1n) is 4.91. The number of benzene rings is 2. The van der Waals surface area contributed by atoms with Crippen LogP contribution in [0.25, 0.3) is 0 Å². The highest BCUT2D eigenvalue weighted by atomic mass is 79.9. The lowest BCUT2D eigenvalue weighted by molar-refractivity contribution is 0.476. The maximum absolute atomic E-state index is 9.69. The number of hydrogen-bond acceptors (Lipinski definition) is 3. The molecule has 0 unspecified atom stereocenters. The molecule has 1 N–H and O–H groups in total. The molecule has 0 fully saturated rings. The molecule has 0 heterocycles. The Kier molecular flexibility index (Phi) is 4.22. The number of hydrogen-bond donors (Lipinski definition) is 1. The van der Waals surface area contributed by atoms with Gasteiger partial charge in [-0.25, -0.2) is 0 Å². The zero-order valence-electron chi connectivity index (χ0n) is 8.94. The van der Waals surface area contributed by atoms with Gasteiger partial charge < -0.3 is 5.11 Å². The second-order valence-electron chi connectivity index (χ2n) is 3.43. The highest BCUT2D eigenvalue weighted by Crippen LogP contribution is 2.37. The monoisotopic (exact) mass is 344 g/mol. The lowest BCUT2D eigenvalue weighted by Crippen LogP contribution is -1.72. The number of phenols is 1. The van der Waals surface area contributed by atoms with E-state index in [9.17, 15) is 5.11 Å². The van der Waals surface area contributed by atoms with Crippen LogP contribution < -0.4 is 0 Å². The summed E-state index contributed by atoms with van der Waals surface area (Å²) in [6.07, 6.45) is 0. The van der Waals surface area contributed by atoms with E-state index >= 15 is 0 Å². The Morgan fingerprint density at radius 2 is 1.67 bits per heavy atom. The Hall–Kier alpha value is -1.10. The summed E-state index contributed by atoms with van der Waals surface area (Å²) in [5.74, 6) is -0.137. The lowest BCUT2D eigenvalue weighted by atomic mass is 10.3. The second kappa shape index (κ2) is 5.69. The molecule has 2 rings (SSSR count). The van der Waals surface area contributed by atoms with Crippen LogP contribution in [0.4, 0.5) is 11.4 Å². The van der Waals surface area contributed by atoms with Crippen LogP contribution in [0.1, 0.15) is 0 Å². The van der Waals surface area contributed by atoms with Gasteiger partial charge in [-0.15, -0.1) is 5.11 Å². The Labute approximate surface area is 122 Å². The van der Waals surface area contributed by atoms with E-state index < -0.39 is 0 Å². The molecule has 0 bridgehead atoms. The van der Waals surface area contributed by atoms with Crippen LogP contribution in [0.2, 0.25) is 10.0 Å². The predicted octanol–water partition coefficient (Wildman–Crippen LogP) is 5.88. The quantitative estimate of drug-likeness (QED) is 0.679. The van der Waals surface area contributed by atoms with Crippen molar-refractivity contribution < 1.29 is 5.11 Å². The Bertz CT molecular complexity index is 600. The first-order valence-corrected chi connectivity index (χ1v) is 6.46. The molecular weight excluding hydrogens is 339 g/mol. The predicted molar refractivity (Wildman–Crippen MR) is 76.4 cm³/mol. The van der Waals surface area contributed by atoms with Gasteiger partial charge in [-0.3, -0.25) is 0 Å². The Morgan fingerprint density at radius 1 is 1.00 bits per heavy atom. The van der Waals surface area contributed by atoms with Crippen molar-refractivity contribution in [2.75, 3.05) is 0 Å². The topological polar surface area (TPSA) is 45.0 Å². The zero-order valence-corrected chi connectivity index (χ0v) is 12.0. The fourth-order valence-electron chi connectivity index (χ4n) is 1.25. The summed E-state index contributed by atoms with van der Waals surface area (Å²) in [6.45, 7) is 0. The van der Waals surface area contributed by atoms with Crippen molar-refractivity contribution in [1.29, 1.82) is 0 Å². The smallest absolute Gasteiger partial charge is 0.161 e. The molecule has 92 valence electrons. The summed E-state index contributed by atoms with van der Waals surface area (Å²) in [6, 6.07) is 10.2. The summed E-state index contributed by atoms with van der Waals surface area (Å²) in [5, 5.41) is 18.1. The SMILES string of the molecule is Oc1c(Cl)cc(Cl)cc1N=Nc1ccc(Br)cc1. The van der Waals surface area contributed by atoms with Crippen LogP contribution in [-0.4, -0.2) is 5.11 Å². The van der Waals surface area contributed by atoms with Gasteiger partial charge in [-0.2, -0.15) is 5.11 Å². The summed E-state index contributed by atoms with van der Waals surface area (Å²) in [5.41, 5.74) is 0.893. The van der Waals surface area contributed by atoms with Crippen LogP contribution in [0, 0.1) is 0 Å². The molecule has 0 spiro atoms. The van der Waals surface area contributed by atoms with E-state index in [0.717, 1.165) is 4.47 Å². The largest absolute Gasteiger partial charge is 0.504 e. The third-order valence-corrected chi connectivity index (χ3v) is 3.14. The normalized spacial score (nSPS) is 11.1. The number of azo groups is 1. The van der Waals surface area contributed by atoms with Gasteiger partial charge in [0.25, 0.3) is 0 Å². The molecule has 0 aliphatic rings. The van der Waals surface area contributed by atoms with Gasteiger partial charge in [0, 0.05) is 9.50 Å². The summed E-state index contributed by atoms with van der Waals surface area (Å²) in [7, 11) is 0. The molecule has 0 aliphatic heterocycles. The van der Waals surface area contributed by atoms with Gasteiger partial charge in [0.15, 0.2) is 5.75 Å². The minimum absolute atomic E-state index is 0.137. The summed E-state index contributed by atoms with van der Waals surface area (Å²) >= 11 is 14.9. The van der Waals surface area contributed by atoms with Crippen molar-refractivity contribution in [2.24, 2.45) is 10.2 Å². The number of aromatic hydroxyl groups is 1. The van der Waals surface area contributed by atoms with E-state index in [-0.39, 0.29) is 16.5 Å². The molecule has 0 aliphatic carbocycles. The zero-order chi connectivity index (χ0) is 13.1. The minimum atomic E-state index is -0.137. The van der Waals surface area contributed by atoms with E-state index in [0.29, 0.717) is 10.7 Å². The van der Waals surface area contributed by atoms with Crippen LogP contribution in [0.3, 0.4) is 0 Å². The molecule has 6 heteroatoms. The third kappa shape index (κ3) is 3.22. The summed E-state index contributed by atoms with van der Waals surface area (Å²) in [4.78, 5) is 0. The molecule has 0 saturated carbocycles. The molecule has 0 atom stereocenters. The molecule has 0 amide bonds. The molecule has 2 aromatic carbocycles. The van der Waals surface area contributed by atoms with Gasteiger partial charge in [0.05, 0.1) is 10.7 Å². The Balaban J connectivity index is 2.31. The van der Waals surface area contributed by atoms with Crippen LogP contribution >= 0.6 is 39.1 Å². The second-order valence-corrected chi connectivity index (χ2v) is 5.19. The number of rotatable bonds is 2. The number of nitrogens with zero attached hydrogens (tertiary/aromatic N) is 2. The van der Waals surface area contributed by atoms with Crippen LogP contribution in [0.5, 0.6) is 5.75 Å². The maximum atomic E-state index is 9.69. The molecule has 0 saturated heterocycles. The average molecular weight is 346 g/mol. The summed E-state index contributed by atoms with van der Waals surface area (Å²) < 4.78 is 0.954. The van der Waals surface area contributed by atoms with Gasteiger partial charge in [0.2, 0.25) is 0 Å². The van der Waals surface area contributed by atoms with Crippen molar-refractivity contribution >= 4 is 50.5 Å². The molecule has 18 heavy (non-hydrogen) atoms. The Morgan fingerprint density at radius 3 is 2.33 bits per heavy atom. The molecule has 3 nitrogen and oxygen atoms in total.